The molecule has 0 unspecified atom stereocenters. The van der Waals surface area contributed by atoms with E-state index in [2.05, 4.69) is 15.2 Å². The van der Waals surface area contributed by atoms with E-state index in [-0.39, 0.29) is 11.9 Å². The van der Waals surface area contributed by atoms with Crippen molar-refractivity contribution in [2.45, 2.75) is 32.0 Å². The molecular formula is C11H20N4O2S. The number of carbonyl (C=O) groups is 1. The molecule has 0 aromatic carbocycles. The van der Waals surface area contributed by atoms with Gasteiger partial charge in [0.25, 0.3) is 0 Å². The molecule has 0 aliphatic carbocycles. The van der Waals surface area contributed by atoms with Crippen LogP contribution in [-0.4, -0.2) is 58.0 Å². The number of nitrogens with zero attached hydrogens (tertiary/aromatic N) is 3. The highest BCUT2D eigenvalue weighted by Gasteiger charge is 2.17. The second kappa shape index (κ2) is 7.38. The van der Waals surface area contributed by atoms with Crippen LogP contribution in [0.25, 0.3) is 0 Å². The molecule has 18 heavy (non-hydrogen) atoms. The Morgan fingerprint density at radius 1 is 1.56 bits per heavy atom. The van der Waals surface area contributed by atoms with Gasteiger partial charge in [-0.2, -0.15) is 0 Å². The lowest BCUT2D eigenvalue weighted by atomic mass is 10.3. The molecule has 6 nitrogen and oxygen atoms in total. The van der Waals surface area contributed by atoms with Crippen molar-refractivity contribution >= 4 is 17.7 Å². The van der Waals surface area contributed by atoms with Crippen molar-refractivity contribution in [2.75, 3.05) is 26.0 Å². The van der Waals surface area contributed by atoms with Crippen LogP contribution in [0, 0.1) is 6.92 Å². The van der Waals surface area contributed by atoms with Gasteiger partial charge in [0.2, 0.25) is 11.1 Å². The number of ether oxygens (including phenoxy) is 1. The number of nitrogens with one attached hydrogen (secondary N) is 1. The molecule has 0 atom stereocenters. The standard InChI is InChI=1S/C11H20N4O2S/c1-8(2)15(5-6-17-4)10(16)7-18-11-12-9(3)13-14-11/h8H,5-7H2,1-4H3,(H,12,13,14). The predicted molar refractivity (Wildman–Crippen MR) is 70.6 cm³/mol. The van der Waals surface area contributed by atoms with Crippen LogP contribution in [0.4, 0.5) is 0 Å². The minimum Gasteiger partial charge on any atom is -0.383 e. The molecule has 0 bridgehead atoms. The van der Waals surface area contributed by atoms with E-state index in [1.54, 1.807) is 12.0 Å². The van der Waals surface area contributed by atoms with Crippen LogP contribution in [-0.2, 0) is 9.53 Å². The normalized spacial score (nSPS) is 10.9. The van der Waals surface area contributed by atoms with Crippen LogP contribution >= 0.6 is 11.8 Å². The SMILES string of the molecule is COCCN(C(=O)CSc1n[nH]c(C)n1)C(C)C. The summed E-state index contributed by atoms with van der Waals surface area (Å²) in [5, 5.41) is 7.34. The van der Waals surface area contributed by atoms with E-state index in [4.69, 9.17) is 4.74 Å². The Morgan fingerprint density at radius 3 is 2.78 bits per heavy atom. The molecule has 1 heterocycles. The van der Waals surface area contributed by atoms with E-state index < -0.39 is 0 Å². The van der Waals surface area contributed by atoms with E-state index in [1.807, 2.05) is 20.8 Å². The number of methoxy groups -OCH3 is 1. The van der Waals surface area contributed by atoms with Crippen molar-refractivity contribution in [1.82, 2.24) is 20.1 Å². The fourth-order valence-electron chi connectivity index (χ4n) is 1.46. The number of hydrogen-bond acceptors (Lipinski definition) is 5. The number of carbonyl (C=O) groups excluding carboxylic acids is 1. The third-order valence-electron chi connectivity index (χ3n) is 2.38. The number of amides is 1. The van der Waals surface area contributed by atoms with Crippen LogP contribution in [0.15, 0.2) is 5.16 Å². The minimum absolute atomic E-state index is 0.0782. The summed E-state index contributed by atoms with van der Waals surface area (Å²) in [6, 6.07) is 0.169. The molecule has 0 aliphatic heterocycles. The molecule has 102 valence electrons. The molecular weight excluding hydrogens is 252 g/mol. The molecule has 1 rings (SSSR count). The number of hydrogen-bond donors (Lipinski definition) is 1. The summed E-state index contributed by atoms with van der Waals surface area (Å²) >= 11 is 1.34. The number of thioether (sulfide) groups is 1. The van der Waals surface area contributed by atoms with Gasteiger partial charge in [-0.1, -0.05) is 11.8 Å². The van der Waals surface area contributed by atoms with Crippen LogP contribution in [0.2, 0.25) is 0 Å². The molecule has 0 aliphatic rings. The monoisotopic (exact) mass is 272 g/mol. The second-order valence-corrected chi connectivity index (χ2v) is 5.11. The van der Waals surface area contributed by atoms with Crippen molar-refractivity contribution in [3.63, 3.8) is 0 Å². The molecule has 0 radical (unpaired) electrons. The first kappa shape index (κ1) is 15.0. The summed E-state index contributed by atoms with van der Waals surface area (Å²) in [4.78, 5) is 18.0. The lowest BCUT2D eigenvalue weighted by Crippen LogP contribution is -2.40. The fourth-order valence-corrected chi connectivity index (χ4v) is 2.19. The number of aromatic amines is 1. The Hall–Kier alpha value is -1.08. The Kier molecular flexibility index (Phi) is 6.14. The van der Waals surface area contributed by atoms with Crippen molar-refractivity contribution in [3.05, 3.63) is 5.82 Å². The number of H-pyrrole nitrogens is 1. The van der Waals surface area contributed by atoms with Gasteiger partial charge in [0.1, 0.15) is 5.82 Å². The Bertz CT molecular complexity index is 381. The summed E-state index contributed by atoms with van der Waals surface area (Å²) in [5.41, 5.74) is 0. The first-order valence-electron chi connectivity index (χ1n) is 5.84. The maximum Gasteiger partial charge on any atom is 0.233 e. The van der Waals surface area contributed by atoms with E-state index in [9.17, 15) is 4.79 Å². The Balaban J connectivity index is 2.46. The van der Waals surface area contributed by atoms with Gasteiger partial charge in [0.05, 0.1) is 12.4 Å². The first-order chi connectivity index (χ1) is 8.54. The molecule has 0 saturated carbocycles. The van der Waals surface area contributed by atoms with Crippen LogP contribution in [0.1, 0.15) is 19.7 Å². The zero-order chi connectivity index (χ0) is 13.5. The van der Waals surface area contributed by atoms with Crippen LogP contribution in [0.5, 0.6) is 0 Å². The smallest absolute Gasteiger partial charge is 0.233 e. The number of aryl methyl sites for hydroxylation is 1. The molecule has 1 aromatic rings. The summed E-state index contributed by atoms with van der Waals surface area (Å²) in [6.45, 7) is 6.98. The van der Waals surface area contributed by atoms with Gasteiger partial charge >= 0.3 is 0 Å². The van der Waals surface area contributed by atoms with Crippen molar-refractivity contribution in [3.8, 4) is 0 Å². The van der Waals surface area contributed by atoms with Gasteiger partial charge in [-0.05, 0) is 20.8 Å². The van der Waals surface area contributed by atoms with E-state index in [0.29, 0.717) is 24.1 Å². The molecule has 1 N–H and O–H groups in total. The highest BCUT2D eigenvalue weighted by Crippen LogP contribution is 2.13. The molecule has 1 amide bonds. The Labute approximate surface area is 111 Å². The summed E-state index contributed by atoms with van der Waals surface area (Å²) in [7, 11) is 1.63. The molecule has 1 aromatic heterocycles. The van der Waals surface area contributed by atoms with Crippen molar-refractivity contribution in [1.29, 1.82) is 0 Å². The lowest BCUT2D eigenvalue weighted by Gasteiger charge is -2.26. The van der Waals surface area contributed by atoms with E-state index in [1.165, 1.54) is 11.8 Å². The van der Waals surface area contributed by atoms with Gasteiger partial charge in [0.15, 0.2) is 0 Å². The minimum atomic E-state index is 0.0782. The topological polar surface area (TPSA) is 71.1 Å². The van der Waals surface area contributed by atoms with Crippen LogP contribution in [0.3, 0.4) is 0 Å². The summed E-state index contributed by atoms with van der Waals surface area (Å²) in [6.07, 6.45) is 0. The van der Waals surface area contributed by atoms with Crippen molar-refractivity contribution < 1.29 is 9.53 Å². The lowest BCUT2D eigenvalue weighted by molar-refractivity contribution is -0.130. The quantitative estimate of drug-likeness (QED) is 0.752. The van der Waals surface area contributed by atoms with Gasteiger partial charge in [-0.25, -0.2) is 4.98 Å². The maximum atomic E-state index is 12.1. The molecule has 0 fully saturated rings. The van der Waals surface area contributed by atoms with E-state index in [0.717, 1.165) is 5.82 Å². The first-order valence-corrected chi connectivity index (χ1v) is 6.83. The highest BCUT2D eigenvalue weighted by molar-refractivity contribution is 7.99. The highest BCUT2D eigenvalue weighted by atomic mass is 32.2. The van der Waals surface area contributed by atoms with Crippen molar-refractivity contribution in [2.24, 2.45) is 0 Å². The number of aromatic nitrogens is 3. The zero-order valence-corrected chi connectivity index (χ0v) is 12.1. The zero-order valence-electron chi connectivity index (χ0n) is 11.3. The van der Waals surface area contributed by atoms with Crippen LogP contribution < -0.4 is 0 Å². The van der Waals surface area contributed by atoms with Gasteiger partial charge in [-0.15, -0.1) is 5.10 Å². The second-order valence-electron chi connectivity index (χ2n) is 4.17. The average Bonchev–Trinajstić information content (AvgIpc) is 2.72. The third kappa shape index (κ3) is 4.66. The largest absolute Gasteiger partial charge is 0.383 e. The van der Waals surface area contributed by atoms with E-state index >= 15 is 0 Å². The number of rotatable bonds is 7. The predicted octanol–water partition coefficient (Wildman–Crippen LogP) is 1.09. The maximum absolute atomic E-state index is 12.1. The summed E-state index contributed by atoms with van der Waals surface area (Å²) < 4.78 is 5.01. The summed E-state index contributed by atoms with van der Waals surface area (Å²) in [5.74, 6) is 1.18. The molecule has 0 saturated heterocycles. The van der Waals surface area contributed by atoms with Gasteiger partial charge in [-0.3, -0.25) is 9.89 Å². The third-order valence-corrected chi connectivity index (χ3v) is 3.21. The van der Waals surface area contributed by atoms with Gasteiger partial charge in [0, 0.05) is 19.7 Å². The average molecular weight is 272 g/mol. The molecule has 7 heteroatoms. The fraction of sp³-hybridized carbons (Fsp3) is 0.727. The van der Waals surface area contributed by atoms with Gasteiger partial charge < -0.3 is 9.64 Å². The Morgan fingerprint density at radius 2 is 2.28 bits per heavy atom. The molecule has 0 spiro atoms.